The Labute approximate surface area is 161 Å². The largest absolute Gasteiger partial charge is 0.504 e. The van der Waals surface area contributed by atoms with Crippen molar-refractivity contribution < 1.29 is 13.3 Å². The Morgan fingerprint density at radius 1 is 0.577 bits per heavy atom. The van der Waals surface area contributed by atoms with E-state index in [9.17, 15) is 0 Å². The molecule has 0 bridgehead atoms. The summed E-state index contributed by atoms with van der Waals surface area (Å²) in [5.41, 5.74) is 0.596. The SMILES string of the molecule is CO[Si](OC)(OC(C1CCCC1)(C1CCCC1)C1CCCC1)C1CCC1. The summed E-state index contributed by atoms with van der Waals surface area (Å²) in [4.78, 5) is 0. The lowest BCUT2D eigenvalue weighted by atomic mass is 9.67. The molecule has 0 aromatic rings. The lowest BCUT2D eigenvalue weighted by Crippen LogP contribution is -2.63. The van der Waals surface area contributed by atoms with Gasteiger partial charge in [0, 0.05) is 19.8 Å². The fourth-order valence-electron chi connectivity index (χ4n) is 6.97. The van der Waals surface area contributed by atoms with Gasteiger partial charge in [0.1, 0.15) is 0 Å². The van der Waals surface area contributed by atoms with E-state index in [0.29, 0.717) is 5.54 Å². The zero-order chi connectivity index (χ0) is 18.0. The third-order valence-electron chi connectivity index (χ3n) is 8.47. The minimum atomic E-state index is -2.60. The van der Waals surface area contributed by atoms with Crippen molar-refractivity contribution in [2.75, 3.05) is 14.2 Å². The van der Waals surface area contributed by atoms with Gasteiger partial charge in [0.15, 0.2) is 0 Å². The van der Waals surface area contributed by atoms with Crippen LogP contribution in [0.1, 0.15) is 96.3 Å². The molecule has 4 rings (SSSR count). The summed E-state index contributed by atoms with van der Waals surface area (Å²) in [6.07, 6.45) is 20.4. The van der Waals surface area contributed by atoms with E-state index < -0.39 is 8.80 Å². The lowest BCUT2D eigenvalue weighted by Gasteiger charge is -2.54. The van der Waals surface area contributed by atoms with Crippen molar-refractivity contribution in [2.45, 2.75) is 107 Å². The predicted octanol–water partition coefficient (Wildman–Crippen LogP) is 6.10. The van der Waals surface area contributed by atoms with E-state index in [1.807, 2.05) is 14.2 Å². The number of rotatable bonds is 8. The molecule has 3 nitrogen and oxygen atoms in total. The van der Waals surface area contributed by atoms with Gasteiger partial charge < -0.3 is 13.3 Å². The maximum Gasteiger partial charge on any atom is 0.504 e. The summed E-state index contributed by atoms with van der Waals surface area (Å²) in [5.74, 6) is 2.22. The summed E-state index contributed by atoms with van der Waals surface area (Å²) in [6.45, 7) is 0. The third kappa shape index (κ3) is 3.23. The van der Waals surface area contributed by atoms with Gasteiger partial charge in [-0.15, -0.1) is 0 Å². The molecule has 0 aromatic heterocycles. The van der Waals surface area contributed by atoms with Gasteiger partial charge in [-0.1, -0.05) is 44.9 Å². The van der Waals surface area contributed by atoms with Crippen LogP contribution in [0.3, 0.4) is 0 Å². The first kappa shape index (κ1) is 19.4. The van der Waals surface area contributed by atoms with E-state index in [4.69, 9.17) is 13.3 Å². The van der Waals surface area contributed by atoms with E-state index in [-0.39, 0.29) is 5.60 Å². The average molecular weight is 381 g/mol. The van der Waals surface area contributed by atoms with Crippen molar-refractivity contribution in [1.29, 1.82) is 0 Å². The second-order valence-electron chi connectivity index (χ2n) is 9.54. The van der Waals surface area contributed by atoms with E-state index in [1.54, 1.807) is 0 Å². The van der Waals surface area contributed by atoms with Crippen molar-refractivity contribution in [2.24, 2.45) is 17.8 Å². The fraction of sp³-hybridized carbons (Fsp3) is 1.00. The Kier molecular flexibility index (Phi) is 6.14. The Bertz CT molecular complexity index is 402. The van der Waals surface area contributed by atoms with Crippen LogP contribution in [0.15, 0.2) is 0 Å². The molecule has 150 valence electrons. The van der Waals surface area contributed by atoms with Crippen LogP contribution in [-0.4, -0.2) is 28.6 Å². The zero-order valence-corrected chi connectivity index (χ0v) is 18.1. The van der Waals surface area contributed by atoms with Crippen LogP contribution >= 0.6 is 0 Å². The molecular formula is C22H40O3Si. The molecule has 4 aliphatic rings. The van der Waals surface area contributed by atoms with Gasteiger partial charge in [0.25, 0.3) is 0 Å². The van der Waals surface area contributed by atoms with Gasteiger partial charge >= 0.3 is 8.80 Å². The summed E-state index contributed by atoms with van der Waals surface area (Å²) in [5, 5.41) is 0. The van der Waals surface area contributed by atoms with Gasteiger partial charge in [0.2, 0.25) is 0 Å². The first-order valence-electron chi connectivity index (χ1n) is 11.6. The predicted molar refractivity (Wildman–Crippen MR) is 107 cm³/mol. The molecule has 4 heteroatoms. The van der Waals surface area contributed by atoms with Crippen LogP contribution in [0, 0.1) is 17.8 Å². The second-order valence-corrected chi connectivity index (χ2v) is 12.6. The van der Waals surface area contributed by atoms with Gasteiger partial charge in [-0.05, 0) is 69.1 Å². The fourth-order valence-corrected chi connectivity index (χ4v) is 10.2. The monoisotopic (exact) mass is 380 g/mol. The molecule has 0 amide bonds. The molecule has 0 spiro atoms. The van der Waals surface area contributed by atoms with E-state index in [1.165, 1.54) is 96.3 Å². The Hall–Kier alpha value is 0.0969. The van der Waals surface area contributed by atoms with E-state index in [0.717, 1.165) is 17.8 Å². The highest BCUT2D eigenvalue weighted by molar-refractivity contribution is 6.62. The molecule has 0 heterocycles. The molecule has 0 atom stereocenters. The van der Waals surface area contributed by atoms with Crippen LogP contribution in [0.5, 0.6) is 0 Å². The minimum Gasteiger partial charge on any atom is -0.377 e. The van der Waals surface area contributed by atoms with E-state index in [2.05, 4.69) is 0 Å². The van der Waals surface area contributed by atoms with Crippen LogP contribution in [0.2, 0.25) is 5.54 Å². The molecule has 0 aliphatic heterocycles. The topological polar surface area (TPSA) is 27.7 Å². The zero-order valence-electron chi connectivity index (χ0n) is 17.1. The van der Waals surface area contributed by atoms with Crippen molar-refractivity contribution >= 4 is 8.80 Å². The Morgan fingerprint density at radius 3 is 1.23 bits per heavy atom. The summed E-state index contributed by atoms with van der Waals surface area (Å²) < 4.78 is 19.9. The summed E-state index contributed by atoms with van der Waals surface area (Å²) >= 11 is 0. The normalized spacial score (nSPS) is 27.5. The standard InChI is InChI=1S/C22H40O3Si/c1-23-26(24-2,21-16-9-17-21)25-22(18-10-3-4-11-18,19-12-5-6-13-19)20-14-7-8-15-20/h18-21H,3-17H2,1-2H3. The first-order valence-corrected chi connectivity index (χ1v) is 13.4. The molecule has 0 radical (unpaired) electrons. The van der Waals surface area contributed by atoms with Gasteiger partial charge in [-0.2, -0.15) is 0 Å². The smallest absolute Gasteiger partial charge is 0.377 e. The highest BCUT2D eigenvalue weighted by Gasteiger charge is 2.61. The van der Waals surface area contributed by atoms with Gasteiger partial charge in [0.05, 0.1) is 5.60 Å². The van der Waals surface area contributed by atoms with Crippen molar-refractivity contribution in [3.8, 4) is 0 Å². The second kappa shape index (κ2) is 8.22. The molecule has 4 saturated carbocycles. The van der Waals surface area contributed by atoms with Gasteiger partial charge in [-0.25, -0.2) is 0 Å². The molecular weight excluding hydrogens is 340 g/mol. The third-order valence-corrected chi connectivity index (χ3v) is 11.8. The molecule has 4 fully saturated rings. The maximum atomic E-state index is 7.47. The number of hydrogen-bond acceptors (Lipinski definition) is 3. The van der Waals surface area contributed by atoms with Crippen molar-refractivity contribution in [3.63, 3.8) is 0 Å². The first-order chi connectivity index (χ1) is 12.7. The van der Waals surface area contributed by atoms with Crippen LogP contribution in [0.25, 0.3) is 0 Å². The molecule has 0 saturated heterocycles. The summed E-state index contributed by atoms with van der Waals surface area (Å²) in [7, 11) is 1.15. The maximum absolute atomic E-state index is 7.47. The van der Waals surface area contributed by atoms with Crippen LogP contribution < -0.4 is 0 Å². The van der Waals surface area contributed by atoms with Crippen molar-refractivity contribution in [3.05, 3.63) is 0 Å². The van der Waals surface area contributed by atoms with Crippen LogP contribution in [0.4, 0.5) is 0 Å². The van der Waals surface area contributed by atoms with Gasteiger partial charge in [-0.3, -0.25) is 0 Å². The Balaban J connectivity index is 1.72. The number of hydrogen-bond donors (Lipinski definition) is 0. The minimum absolute atomic E-state index is 0.0529. The van der Waals surface area contributed by atoms with E-state index >= 15 is 0 Å². The lowest BCUT2D eigenvalue weighted by molar-refractivity contribution is -0.133. The molecule has 4 aliphatic carbocycles. The molecule has 0 aromatic carbocycles. The average Bonchev–Trinajstić information content (AvgIpc) is 3.39. The quantitative estimate of drug-likeness (QED) is 0.476. The molecule has 26 heavy (non-hydrogen) atoms. The summed E-state index contributed by atoms with van der Waals surface area (Å²) in [6, 6.07) is 0. The molecule has 0 N–H and O–H groups in total. The van der Waals surface area contributed by atoms with Crippen molar-refractivity contribution in [1.82, 2.24) is 0 Å². The highest BCUT2D eigenvalue weighted by atomic mass is 28.4. The van der Waals surface area contributed by atoms with Crippen LogP contribution in [-0.2, 0) is 13.3 Å². The molecule has 0 unspecified atom stereocenters. The Morgan fingerprint density at radius 2 is 0.962 bits per heavy atom. The highest BCUT2D eigenvalue weighted by Crippen LogP contribution is 2.57.